The smallest absolute Gasteiger partial charge is 0.222 e. The molecule has 0 saturated carbocycles. The van der Waals surface area contributed by atoms with E-state index < -0.39 is 0 Å². The van der Waals surface area contributed by atoms with E-state index in [0.717, 1.165) is 57.9 Å². The zero-order valence-electron chi connectivity index (χ0n) is 17.5. The van der Waals surface area contributed by atoms with Gasteiger partial charge in [-0.25, -0.2) is 0 Å². The van der Waals surface area contributed by atoms with Crippen LogP contribution in [0.2, 0.25) is 0 Å². The molecule has 5 heteroatoms. The number of carbonyl (C=O) groups is 1. The summed E-state index contributed by atoms with van der Waals surface area (Å²) in [6, 6.07) is 6.50. The van der Waals surface area contributed by atoms with Gasteiger partial charge in [-0.05, 0) is 76.0 Å². The third-order valence-corrected chi connectivity index (χ3v) is 6.35. The molecule has 2 fully saturated rings. The van der Waals surface area contributed by atoms with Gasteiger partial charge < -0.3 is 14.5 Å². The van der Waals surface area contributed by atoms with Crippen molar-refractivity contribution in [2.24, 2.45) is 5.41 Å². The van der Waals surface area contributed by atoms with Gasteiger partial charge in [0.2, 0.25) is 5.91 Å². The fraction of sp³-hybridized carbons (Fsp3) is 0.682. The number of likely N-dealkylation sites (N-methyl/N-ethyl adjacent to an activating group) is 1. The van der Waals surface area contributed by atoms with Crippen LogP contribution in [-0.2, 0) is 11.3 Å². The Bertz CT molecular complexity index is 651. The summed E-state index contributed by atoms with van der Waals surface area (Å²) in [4.78, 5) is 19.1. The minimum absolute atomic E-state index is 0.340. The molecule has 3 rings (SSSR count). The first-order chi connectivity index (χ1) is 12.9. The largest absolute Gasteiger partial charge is 0.496 e. The van der Waals surface area contributed by atoms with Crippen LogP contribution in [0.25, 0.3) is 0 Å². The number of benzene rings is 1. The van der Waals surface area contributed by atoms with Crippen LogP contribution in [0.4, 0.5) is 0 Å². The van der Waals surface area contributed by atoms with Crippen LogP contribution in [0, 0.1) is 12.3 Å². The highest BCUT2D eigenvalue weighted by Gasteiger charge is 2.40. The van der Waals surface area contributed by atoms with Gasteiger partial charge in [-0.1, -0.05) is 12.1 Å². The number of likely N-dealkylation sites (tertiary alicyclic amines) is 2. The minimum Gasteiger partial charge on any atom is -0.496 e. The van der Waals surface area contributed by atoms with Gasteiger partial charge in [0.05, 0.1) is 7.11 Å². The second kappa shape index (κ2) is 8.61. The number of rotatable bonds is 6. The van der Waals surface area contributed by atoms with E-state index in [4.69, 9.17) is 4.74 Å². The Kier molecular flexibility index (Phi) is 6.43. The molecule has 5 nitrogen and oxygen atoms in total. The van der Waals surface area contributed by atoms with Crippen LogP contribution in [0.3, 0.4) is 0 Å². The molecular weight excluding hydrogens is 338 g/mol. The zero-order valence-corrected chi connectivity index (χ0v) is 17.5. The predicted molar refractivity (Wildman–Crippen MR) is 109 cm³/mol. The fourth-order valence-corrected chi connectivity index (χ4v) is 4.52. The first kappa shape index (κ1) is 20.2. The maximum Gasteiger partial charge on any atom is 0.222 e. The maximum absolute atomic E-state index is 12.3. The molecule has 0 bridgehead atoms. The van der Waals surface area contributed by atoms with Gasteiger partial charge in [-0.3, -0.25) is 9.69 Å². The van der Waals surface area contributed by atoms with Crippen LogP contribution in [0.1, 0.15) is 36.8 Å². The number of amides is 1. The van der Waals surface area contributed by atoms with Gasteiger partial charge in [0.25, 0.3) is 0 Å². The lowest BCUT2D eigenvalue weighted by molar-refractivity contribution is -0.139. The second-order valence-electron chi connectivity index (χ2n) is 8.70. The lowest BCUT2D eigenvalue weighted by atomic mass is 9.72. The molecule has 1 spiro atoms. The molecule has 1 aromatic carbocycles. The van der Waals surface area contributed by atoms with E-state index in [0.29, 0.717) is 11.3 Å². The Morgan fingerprint density at radius 2 is 1.93 bits per heavy atom. The van der Waals surface area contributed by atoms with Gasteiger partial charge in [-0.15, -0.1) is 0 Å². The number of hydrogen-bond donors (Lipinski definition) is 0. The Hall–Kier alpha value is -1.59. The predicted octanol–water partition coefficient (Wildman–Crippen LogP) is 2.77. The number of hydrogen-bond acceptors (Lipinski definition) is 4. The monoisotopic (exact) mass is 373 g/mol. The minimum atomic E-state index is 0.340. The lowest BCUT2D eigenvalue weighted by Crippen LogP contribution is -2.52. The first-order valence-electron chi connectivity index (χ1n) is 10.2. The molecule has 27 heavy (non-hydrogen) atoms. The van der Waals surface area contributed by atoms with Crippen molar-refractivity contribution >= 4 is 5.91 Å². The average molecular weight is 374 g/mol. The molecule has 2 aliphatic heterocycles. The number of methoxy groups -OCH3 is 1. The number of carbonyl (C=O) groups excluding carboxylic acids is 1. The van der Waals surface area contributed by atoms with Crippen LogP contribution >= 0.6 is 0 Å². The summed E-state index contributed by atoms with van der Waals surface area (Å²) in [6.07, 6.45) is 4.20. The van der Waals surface area contributed by atoms with Gasteiger partial charge in [0, 0.05) is 32.6 Å². The maximum atomic E-state index is 12.3. The highest BCUT2D eigenvalue weighted by atomic mass is 16.5. The molecule has 0 aliphatic carbocycles. The topological polar surface area (TPSA) is 36.0 Å². The summed E-state index contributed by atoms with van der Waals surface area (Å²) in [7, 11) is 5.87. The van der Waals surface area contributed by atoms with Crippen molar-refractivity contribution in [2.45, 2.75) is 39.2 Å². The number of piperidine rings is 2. The average Bonchev–Trinajstić information content (AvgIpc) is 2.65. The molecule has 0 unspecified atom stereocenters. The van der Waals surface area contributed by atoms with E-state index in [2.05, 4.69) is 53.9 Å². The van der Waals surface area contributed by atoms with Crippen molar-refractivity contribution in [2.75, 3.05) is 53.9 Å². The van der Waals surface area contributed by atoms with Crippen molar-refractivity contribution in [3.8, 4) is 5.75 Å². The highest BCUT2D eigenvalue weighted by Crippen LogP contribution is 2.40. The van der Waals surface area contributed by atoms with E-state index in [1.54, 1.807) is 7.11 Å². The molecule has 0 radical (unpaired) electrons. The number of aryl methyl sites for hydroxylation is 1. The Morgan fingerprint density at radius 3 is 2.56 bits per heavy atom. The summed E-state index contributed by atoms with van der Waals surface area (Å²) in [6.45, 7) is 8.13. The van der Waals surface area contributed by atoms with Crippen molar-refractivity contribution in [3.63, 3.8) is 0 Å². The molecule has 150 valence electrons. The van der Waals surface area contributed by atoms with Crippen LogP contribution in [0.15, 0.2) is 18.2 Å². The fourth-order valence-electron chi connectivity index (χ4n) is 4.52. The normalized spacial score (nSPS) is 20.5. The Morgan fingerprint density at radius 1 is 1.19 bits per heavy atom. The molecule has 2 saturated heterocycles. The summed E-state index contributed by atoms with van der Waals surface area (Å²) in [5.74, 6) is 1.31. The Labute approximate surface area is 164 Å². The molecule has 1 amide bonds. The summed E-state index contributed by atoms with van der Waals surface area (Å²) in [5.41, 5.74) is 2.90. The molecule has 2 heterocycles. The third kappa shape index (κ3) is 5.02. The van der Waals surface area contributed by atoms with Crippen molar-refractivity contribution in [1.29, 1.82) is 0 Å². The summed E-state index contributed by atoms with van der Waals surface area (Å²) in [5, 5.41) is 0. The van der Waals surface area contributed by atoms with E-state index in [-0.39, 0.29) is 0 Å². The van der Waals surface area contributed by atoms with Gasteiger partial charge in [-0.2, -0.15) is 0 Å². The van der Waals surface area contributed by atoms with Crippen molar-refractivity contribution < 1.29 is 9.53 Å². The van der Waals surface area contributed by atoms with Crippen LogP contribution < -0.4 is 4.74 Å². The van der Waals surface area contributed by atoms with E-state index in [1.165, 1.54) is 24.0 Å². The SMILES string of the molecule is COc1ccc(CN2CCC3(CCC(=O)N(CCN(C)C)C3)CC2)cc1C. The molecule has 1 aromatic rings. The first-order valence-corrected chi connectivity index (χ1v) is 10.2. The highest BCUT2D eigenvalue weighted by molar-refractivity contribution is 5.77. The number of nitrogens with zero attached hydrogens (tertiary/aromatic N) is 3. The molecular formula is C22H35N3O2. The quantitative estimate of drug-likeness (QED) is 0.768. The van der Waals surface area contributed by atoms with E-state index >= 15 is 0 Å². The summed E-state index contributed by atoms with van der Waals surface area (Å²) < 4.78 is 5.37. The van der Waals surface area contributed by atoms with Crippen LogP contribution in [-0.4, -0.2) is 74.5 Å². The molecule has 2 aliphatic rings. The van der Waals surface area contributed by atoms with E-state index in [9.17, 15) is 4.79 Å². The van der Waals surface area contributed by atoms with Gasteiger partial charge in [0.15, 0.2) is 0 Å². The lowest BCUT2D eigenvalue weighted by Gasteiger charge is -2.47. The Balaban J connectivity index is 1.54. The molecule has 0 N–H and O–H groups in total. The van der Waals surface area contributed by atoms with Gasteiger partial charge in [0.1, 0.15) is 5.75 Å². The van der Waals surface area contributed by atoms with Crippen molar-refractivity contribution in [3.05, 3.63) is 29.3 Å². The van der Waals surface area contributed by atoms with Gasteiger partial charge >= 0.3 is 0 Å². The summed E-state index contributed by atoms with van der Waals surface area (Å²) >= 11 is 0. The van der Waals surface area contributed by atoms with E-state index in [1.807, 2.05) is 0 Å². The molecule has 0 atom stereocenters. The van der Waals surface area contributed by atoms with Crippen LogP contribution in [0.5, 0.6) is 5.75 Å². The molecule has 0 aromatic heterocycles. The standard InChI is InChI=1S/C22H35N3O2/c1-18-15-19(5-6-20(18)27-4)16-24-11-9-22(10-12-24)8-7-21(26)25(17-22)14-13-23(2)3/h5-6,15H,7-14,16-17H2,1-4H3. The number of ether oxygens (including phenoxy) is 1. The zero-order chi connectivity index (χ0) is 19.4. The third-order valence-electron chi connectivity index (χ3n) is 6.35. The second-order valence-corrected chi connectivity index (χ2v) is 8.70. The van der Waals surface area contributed by atoms with Crippen molar-refractivity contribution in [1.82, 2.24) is 14.7 Å².